The van der Waals surface area contributed by atoms with E-state index in [9.17, 15) is 14.4 Å². The fraction of sp³-hybridized carbons (Fsp3) is 0.357. The number of benzene rings is 1. The molecule has 6 heteroatoms. The van der Waals surface area contributed by atoms with Crippen LogP contribution in [0.3, 0.4) is 0 Å². The number of carbonyl (C=O) groups is 3. The second kappa shape index (κ2) is 4.96. The number of rotatable bonds is 4. The summed E-state index contributed by atoms with van der Waals surface area (Å²) in [6.07, 6.45) is 0.358. The van der Waals surface area contributed by atoms with Gasteiger partial charge in [-0.25, -0.2) is 4.79 Å². The molecule has 1 aliphatic rings. The van der Waals surface area contributed by atoms with Crippen LogP contribution in [0.1, 0.15) is 24.5 Å². The number of amides is 3. The molecular weight excluding hydrogens is 260 g/mol. The first kappa shape index (κ1) is 14.0. The second-order valence-electron chi connectivity index (χ2n) is 4.84. The number of carboxylic acids is 1. The summed E-state index contributed by atoms with van der Waals surface area (Å²) in [5, 5.41) is 11.4. The largest absolute Gasteiger partial charge is 0.480 e. The van der Waals surface area contributed by atoms with Gasteiger partial charge in [-0.05, 0) is 18.9 Å². The van der Waals surface area contributed by atoms with Gasteiger partial charge in [0.1, 0.15) is 12.1 Å². The van der Waals surface area contributed by atoms with Gasteiger partial charge in [-0.3, -0.25) is 14.5 Å². The van der Waals surface area contributed by atoms with Gasteiger partial charge in [-0.2, -0.15) is 0 Å². The summed E-state index contributed by atoms with van der Waals surface area (Å²) in [5.41, 5.74) is 0.538. The third-order valence-corrected chi connectivity index (χ3v) is 3.54. The fourth-order valence-corrected chi connectivity index (χ4v) is 2.38. The maximum Gasteiger partial charge on any atom is 0.325 e. The molecule has 1 aliphatic heterocycles. The molecule has 1 aromatic rings. The molecule has 0 radical (unpaired) electrons. The summed E-state index contributed by atoms with van der Waals surface area (Å²) in [6, 6.07) is 6.60. The van der Waals surface area contributed by atoms with E-state index in [1.165, 1.54) is 0 Å². The highest BCUT2D eigenvalue weighted by atomic mass is 16.4. The average molecular weight is 276 g/mol. The lowest BCUT2D eigenvalue weighted by Crippen LogP contribution is -2.43. The van der Waals surface area contributed by atoms with Gasteiger partial charge in [0, 0.05) is 0 Å². The predicted molar refractivity (Wildman–Crippen MR) is 71.0 cm³/mol. The first-order chi connectivity index (χ1) is 9.40. The van der Waals surface area contributed by atoms with Gasteiger partial charge in [0.05, 0.1) is 0 Å². The number of nitrogens with one attached hydrogen (secondary N) is 1. The summed E-state index contributed by atoms with van der Waals surface area (Å²) in [4.78, 5) is 35.8. The van der Waals surface area contributed by atoms with Gasteiger partial charge in [0.2, 0.25) is 0 Å². The van der Waals surface area contributed by atoms with Crippen LogP contribution in [0, 0.1) is 6.92 Å². The lowest BCUT2D eigenvalue weighted by atomic mass is 9.87. The number of imide groups is 1. The first-order valence-electron chi connectivity index (χ1n) is 6.34. The summed E-state index contributed by atoms with van der Waals surface area (Å²) in [6.45, 7) is 3.08. The molecule has 1 unspecified atom stereocenters. The summed E-state index contributed by atoms with van der Waals surface area (Å²) >= 11 is 0. The first-order valence-corrected chi connectivity index (χ1v) is 6.34. The predicted octanol–water partition coefficient (Wildman–Crippen LogP) is 1.24. The van der Waals surface area contributed by atoms with Gasteiger partial charge < -0.3 is 10.4 Å². The molecule has 0 bridgehead atoms. The SMILES string of the molecule is CCC1(c2ccc(C)cc2)NC(=O)N(CC(=O)O)C1=O. The number of urea groups is 1. The molecule has 1 aromatic carbocycles. The van der Waals surface area contributed by atoms with Crippen molar-refractivity contribution in [2.45, 2.75) is 25.8 Å². The molecule has 6 nitrogen and oxygen atoms in total. The molecule has 0 aromatic heterocycles. The highest BCUT2D eigenvalue weighted by Crippen LogP contribution is 2.32. The van der Waals surface area contributed by atoms with Crippen LogP contribution in [0.15, 0.2) is 24.3 Å². The van der Waals surface area contributed by atoms with E-state index < -0.39 is 30.0 Å². The Morgan fingerprint density at radius 3 is 2.40 bits per heavy atom. The fourth-order valence-electron chi connectivity index (χ4n) is 2.38. The minimum absolute atomic E-state index is 0.358. The summed E-state index contributed by atoms with van der Waals surface area (Å²) in [5.74, 6) is -1.74. The van der Waals surface area contributed by atoms with Crippen molar-refractivity contribution in [2.75, 3.05) is 6.54 Å². The van der Waals surface area contributed by atoms with Gasteiger partial charge >= 0.3 is 12.0 Å². The Labute approximate surface area is 116 Å². The molecule has 0 saturated carbocycles. The van der Waals surface area contributed by atoms with E-state index in [2.05, 4.69) is 5.32 Å². The Morgan fingerprint density at radius 1 is 1.30 bits per heavy atom. The van der Waals surface area contributed by atoms with Crippen molar-refractivity contribution in [3.63, 3.8) is 0 Å². The Hall–Kier alpha value is -2.37. The van der Waals surface area contributed by atoms with Crippen LogP contribution < -0.4 is 5.32 Å². The molecular formula is C14H16N2O4. The number of hydrogen-bond acceptors (Lipinski definition) is 3. The van der Waals surface area contributed by atoms with Crippen molar-refractivity contribution in [3.05, 3.63) is 35.4 Å². The van der Waals surface area contributed by atoms with E-state index in [-0.39, 0.29) is 0 Å². The average Bonchev–Trinajstić information content (AvgIpc) is 2.64. The molecule has 3 amide bonds. The molecule has 1 fully saturated rings. The molecule has 2 rings (SSSR count). The van der Waals surface area contributed by atoms with E-state index in [1.807, 2.05) is 19.1 Å². The van der Waals surface area contributed by atoms with Crippen LogP contribution in [0.2, 0.25) is 0 Å². The molecule has 1 saturated heterocycles. The topological polar surface area (TPSA) is 86.7 Å². The Balaban J connectivity index is 2.42. The molecule has 1 atom stereocenters. The van der Waals surface area contributed by atoms with E-state index in [4.69, 9.17) is 5.11 Å². The van der Waals surface area contributed by atoms with Crippen LogP contribution in [-0.4, -0.2) is 34.5 Å². The number of hydrogen-bond donors (Lipinski definition) is 2. The zero-order chi connectivity index (χ0) is 14.9. The Bertz CT molecular complexity index is 567. The molecule has 2 N–H and O–H groups in total. The highest BCUT2D eigenvalue weighted by Gasteiger charge is 2.51. The number of carbonyl (C=O) groups excluding carboxylic acids is 2. The smallest absolute Gasteiger partial charge is 0.325 e. The van der Waals surface area contributed by atoms with Crippen molar-refractivity contribution >= 4 is 17.9 Å². The minimum atomic E-state index is -1.22. The zero-order valence-corrected chi connectivity index (χ0v) is 11.3. The van der Waals surface area contributed by atoms with E-state index in [0.717, 1.165) is 10.5 Å². The Kier molecular flexibility index (Phi) is 3.48. The van der Waals surface area contributed by atoms with Crippen molar-refractivity contribution in [1.29, 1.82) is 0 Å². The second-order valence-corrected chi connectivity index (χ2v) is 4.84. The minimum Gasteiger partial charge on any atom is -0.480 e. The lowest BCUT2D eigenvalue weighted by molar-refractivity contribution is -0.143. The highest BCUT2D eigenvalue weighted by molar-refractivity contribution is 6.08. The van der Waals surface area contributed by atoms with Gasteiger partial charge in [0.15, 0.2) is 0 Å². The summed E-state index contributed by atoms with van der Waals surface area (Å²) < 4.78 is 0. The number of aryl methyl sites for hydroxylation is 1. The third kappa shape index (κ3) is 2.13. The van der Waals surface area contributed by atoms with E-state index in [1.54, 1.807) is 19.1 Å². The number of aliphatic carboxylic acids is 1. The van der Waals surface area contributed by atoms with Crippen molar-refractivity contribution in [2.24, 2.45) is 0 Å². The number of carboxylic acid groups (broad SMARTS) is 1. The zero-order valence-electron chi connectivity index (χ0n) is 11.3. The molecule has 0 aliphatic carbocycles. The lowest BCUT2D eigenvalue weighted by Gasteiger charge is -2.25. The maximum atomic E-state index is 12.5. The van der Waals surface area contributed by atoms with Gasteiger partial charge in [-0.15, -0.1) is 0 Å². The van der Waals surface area contributed by atoms with E-state index >= 15 is 0 Å². The quantitative estimate of drug-likeness (QED) is 0.810. The third-order valence-electron chi connectivity index (χ3n) is 3.54. The maximum absolute atomic E-state index is 12.5. The van der Waals surface area contributed by atoms with Crippen molar-refractivity contribution in [1.82, 2.24) is 10.2 Å². The monoisotopic (exact) mass is 276 g/mol. The number of nitrogens with zero attached hydrogens (tertiary/aromatic N) is 1. The van der Waals surface area contributed by atoms with Crippen LogP contribution in [0.4, 0.5) is 4.79 Å². The van der Waals surface area contributed by atoms with Crippen LogP contribution >= 0.6 is 0 Å². The Morgan fingerprint density at radius 2 is 1.90 bits per heavy atom. The van der Waals surface area contributed by atoms with Crippen molar-refractivity contribution < 1.29 is 19.5 Å². The normalized spacial score (nSPS) is 22.0. The summed E-state index contributed by atoms with van der Waals surface area (Å²) in [7, 11) is 0. The van der Waals surface area contributed by atoms with Gasteiger partial charge in [-0.1, -0.05) is 36.8 Å². The van der Waals surface area contributed by atoms with Crippen LogP contribution in [0.5, 0.6) is 0 Å². The van der Waals surface area contributed by atoms with Crippen LogP contribution in [-0.2, 0) is 15.1 Å². The standard InChI is InChI=1S/C14H16N2O4/c1-3-14(10-6-4-9(2)5-7-10)12(19)16(8-11(17)18)13(20)15-14/h4-7H,3,8H2,1-2H3,(H,15,20)(H,17,18). The molecule has 1 heterocycles. The van der Waals surface area contributed by atoms with Gasteiger partial charge in [0.25, 0.3) is 5.91 Å². The molecule has 106 valence electrons. The van der Waals surface area contributed by atoms with Crippen molar-refractivity contribution in [3.8, 4) is 0 Å². The van der Waals surface area contributed by atoms with E-state index in [0.29, 0.717) is 12.0 Å². The molecule has 20 heavy (non-hydrogen) atoms. The van der Waals surface area contributed by atoms with Crippen LogP contribution in [0.25, 0.3) is 0 Å². The molecule has 0 spiro atoms.